The Labute approximate surface area is 140 Å². The molecule has 2 rings (SSSR count). The van der Waals surface area contributed by atoms with Crippen molar-refractivity contribution in [3.63, 3.8) is 0 Å². The van der Waals surface area contributed by atoms with Crippen molar-refractivity contribution in [3.05, 3.63) is 35.1 Å². The number of carbonyl (C=O) groups excluding carboxylic acids is 2. The van der Waals surface area contributed by atoms with Gasteiger partial charge in [-0.2, -0.15) is 0 Å². The molecule has 24 heavy (non-hydrogen) atoms. The van der Waals surface area contributed by atoms with E-state index in [1.54, 1.807) is 6.07 Å². The Morgan fingerprint density at radius 2 is 2.25 bits per heavy atom. The molecule has 0 bridgehead atoms. The summed E-state index contributed by atoms with van der Waals surface area (Å²) in [6.45, 7) is 4.20. The molecule has 1 aliphatic heterocycles. The first-order chi connectivity index (χ1) is 11.5. The second-order valence-corrected chi connectivity index (χ2v) is 5.65. The van der Waals surface area contributed by atoms with Gasteiger partial charge in [0.1, 0.15) is 11.9 Å². The maximum Gasteiger partial charge on any atom is 0.324 e. The Balaban J connectivity index is 2.10. The fourth-order valence-corrected chi connectivity index (χ4v) is 2.72. The lowest BCUT2D eigenvalue weighted by atomic mass is 10.0. The number of methoxy groups -OCH3 is 1. The molecule has 0 saturated carbocycles. The van der Waals surface area contributed by atoms with Gasteiger partial charge in [-0.3, -0.25) is 14.5 Å². The Bertz CT molecular complexity index is 611. The predicted octanol–water partition coefficient (Wildman–Crippen LogP) is -0.0205. The number of amides is 1. The molecule has 1 aromatic rings. The molecule has 8 heteroatoms. The standard InChI is InChI=1S/C16H23FN4O3/c1-3-21-9-19-8-14(21)10-4-11(6-12(17)5-10)15(22)20-7-13(18)16(23)24-2/h4-6,13-14,19H,3,7-9,18H2,1-2H3,(H,20,22)/t13-,14?/m1/s1. The van der Waals surface area contributed by atoms with E-state index in [9.17, 15) is 14.0 Å². The van der Waals surface area contributed by atoms with Gasteiger partial charge in [0.25, 0.3) is 5.91 Å². The third-order valence-corrected chi connectivity index (χ3v) is 4.05. The zero-order valence-corrected chi connectivity index (χ0v) is 13.8. The minimum atomic E-state index is -0.957. The largest absolute Gasteiger partial charge is 0.468 e. The van der Waals surface area contributed by atoms with E-state index < -0.39 is 23.7 Å². The van der Waals surface area contributed by atoms with Crippen molar-refractivity contribution >= 4 is 11.9 Å². The molecular formula is C16H23FN4O3. The van der Waals surface area contributed by atoms with E-state index in [4.69, 9.17) is 5.73 Å². The Morgan fingerprint density at radius 3 is 2.92 bits per heavy atom. The Kier molecular flexibility index (Phi) is 6.24. The number of rotatable bonds is 6. The third kappa shape index (κ3) is 4.28. The molecular weight excluding hydrogens is 315 g/mol. The van der Waals surface area contributed by atoms with Crippen LogP contribution < -0.4 is 16.4 Å². The molecule has 1 fully saturated rings. The molecule has 0 spiro atoms. The lowest BCUT2D eigenvalue weighted by molar-refractivity contribution is -0.141. The lowest BCUT2D eigenvalue weighted by Gasteiger charge is -2.22. The summed E-state index contributed by atoms with van der Waals surface area (Å²) in [5.74, 6) is -1.58. The number of halogens is 1. The third-order valence-electron chi connectivity index (χ3n) is 4.05. The van der Waals surface area contributed by atoms with Gasteiger partial charge in [0.15, 0.2) is 0 Å². The topological polar surface area (TPSA) is 96.7 Å². The van der Waals surface area contributed by atoms with Crippen LogP contribution in [-0.4, -0.2) is 56.2 Å². The van der Waals surface area contributed by atoms with Gasteiger partial charge in [-0.25, -0.2) is 4.39 Å². The smallest absolute Gasteiger partial charge is 0.324 e. The summed E-state index contributed by atoms with van der Waals surface area (Å²) >= 11 is 0. The van der Waals surface area contributed by atoms with Gasteiger partial charge in [-0.15, -0.1) is 0 Å². The van der Waals surface area contributed by atoms with Crippen LogP contribution in [0.4, 0.5) is 4.39 Å². The highest BCUT2D eigenvalue weighted by Gasteiger charge is 2.25. The molecule has 7 nitrogen and oxygen atoms in total. The highest BCUT2D eigenvalue weighted by molar-refractivity contribution is 5.94. The summed E-state index contributed by atoms with van der Waals surface area (Å²) in [5.41, 5.74) is 6.51. The minimum absolute atomic E-state index is 0.0228. The van der Waals surface area contributed by atoms with E-state index in [2.05, 4.69) is 20.3 Å². The molecule has 1 amide bonds. The molecule has 1 heterocycles. The van der Waals surface area contributed by atoms with Crippen molar-refractivity contribution in [2.75, 3.05) is 33.4 Å². The Hall–Kier alpha value is -2.03. The average Bonchev–Trinajstić information content (AvgIpc) is 3.06. The van der Waals surface area contributed by atoms with E-state index >= 15 is 0 Å². The van der Waals surface area contributed by atoms with E-state index in [0.717, 1.165) is 18.8 Å². The summed E-state index contributed by atoms with van der Waals surface area (Å²) in [7, 11) is 1.22. The van der Waals surface area contributed by atoms with Gasteiger partial charge in [0.2, 0.25) is 0 Å². The highest BCUT2D eigenvalue weighted by Crippen LogP contribution is 2.24. The van der Waals surface area contributed by atoms with E-state index in [1.807, 2.05) is 6.92 Å². The van der Waals surface area contributed by atoms with Crippen molar-refractivity contribution in [3.8, 4) is 0 Å². The van der Waals surface area contributed by atoms with Gasteiger partial charge >= 0.3 is 5.97 Å². The molecule has 0 radical (unpaired) electrons. The number of nitrogens with one attached hydrogen (secondary N) is 2. The first-order valence-electron chi connectivity index (χ1n) is 7.83. The molecule has 132 valence electrons. The number of esters is 1. The van der Waals surface area contributed by atoms with Gasteiger partial charge in [0, 0.05) is 31.4 Å². The summed E-state index contributed by atoms with van der Waals surface area (Å²) in [4.78, 5) is 25.6. The van der Waals surface area contributed by atoms with Crippen LogP contribution in [0.1, 0.15) is 28.9 Å². The lowest BCUT2D eigenvalue weighted by Crippen LogP contribution is -2.43. The number of likely N-dealkylation sites (N-methyl/N-ethyl adjacent to an activating group) is 1. The van der Waals surface area contributed by atoms with Crippen LogP contribution in [0.5, 0.6) is 0 Å². The summed E-state index contributed by atoms with van der Waals surface area (Å²) in [5, 5.41) is 5.76. The van der Waals surface area contributed by atoms with Gasteiger partial charge in [0.05, 0.1) is 7.11 Å². The first-order valence-corrected chi connectivity index (χ1v) is 7.83. The molecule has 4 N–H and O–H groups in total. The zero-order chi connectivity index (χ0) is 17.7. The second-order valence-electron chi connectivity index (χ2n) is 5.65. The van der Waals surface area contributed by atoms with Gasteiger partial charge < -0.3 is 21.1 Å². The van der Waals surface area contributed by atoms with Crippen molar-refractivity contribution in [2.45, 2.75) is 19.0 Å². The van der Waals surface area contributed by atoms with Gasteiger partial charge in [-0.1, -0.05) is 6.92 Å². The van der Waals surface area contributed by atoms with Crippen LogP contribution in [-0.2, 0) is 9.53 Å². The zero-order valence-electron chi connectivity index (χ0n) is 13.8. The van der Waals surface area contributed by atoms with Crippen LogP contribution in [0.2, 0.25) is 0 Å². The number of benzene rings is 1. The van der Waals surface area contributed by atoms with Crippen molar-refractivity contribution in [2.24, 2.45) is 5.73 Å². The van der Waals surface area contributed by atoms with Gasteiger partial charge in [-0.05, 0) is 30.3 Å². The molecule has 1 aromatic carbocycles. The summed E-state index contributed by atoms with van der Waals surface area (Å²) < 4.78 is 18.4. The fourth-order valence-electron chi connectivity index (χ4n) is 2.72. The molecule has 1 saturated heterocycles. The molecule has 0 aromatic heterocycles. The van der Waals surface area contributed by atoms with Crippen LogP contribution in [0, 0.1) is 5.82 Å². The maximum absolute atomic E-state index is 13.9. The fraction of sp³-hybridized carbons (Fsp3) is 0.500. The van der Waals surface area contributed by atoms with Crippen molar-refractivity contribution in [1.29, 1.82) is 0 Å². The quantitative estimate of drug-likeness (QED) is 0.631. The van der Waals surface area contributed by atoms with Crippen molar-refractivity contribution in [1.82, 2.24) is 15.5 Å². The number of nitrogens with zero attached hydrogens (tertiary/aromatic N) is 1. The van der Waals surface area contributed by atoms with Crippen LogP contribution >= 0.6 is 0 Å². The maximum atomic E-state index is 13.9. The van der Waals surface area contributed by atoms with E-state index in [-0.39, 0.29) is 18.2 Å². The first kappa shape index (κ1) is 18.3. The number of carbonyl (C=O) groups is 2. The molecule has 2 atom stereocenters. The van der Waals surface area contributed by atoms with Crippen LogP contribution in [0.25, 0.3) is 0 Å². The van der Waals surface area contributed by atoms with Crippen LogP contribution in [0.15, 0.2) is 18.2 Å². The molecule has 1 aliphatic rings. The summed E-state index contributed by atoms with van der Waals surface area (Å²) in [6.07, 6.45) is 0. The Morgan fingerprint density at radius 1 is 1.50 bits per heavy atom. The number of hydrogen-bond donors (Lipinski definition) is 3. The monoisotopic (exact) mass is 338 g/mol. The summed E-state index contributed by atoms with van der Waals surface area (Å²) in [6, 6.07) is 3.34. The number of hydrogen-bond acceptors (Lipinski definition) is 6. The molecule has 1 unspecified atom stereocenters. The minimum Gasteiger partial charge on any atom is -0.468 e. The van der Waals surface area contributed by atoms with Crippen molar-refractivity contribution < 1.29 is 18.7 Å². The SMILES string of the molecule is CCN1CNCC1c1cc(F)cc(C(=O)NC[C@@H](N)C(=O)OC)c1. The van der Waals surface area contributed by atoms with E-state index in [0.29, 0.717) is 6.54 Å². The number of nitrogens with two attached hydrogens (primary N) is 1. The molecule has 0 aliphatic carbocycles. The highest BCUT2D eigenvalue weighted by atomic mass is 19.1. The second kappa shape index (κ2) is 8.18. The number of ether oxygens (including phenoxy) is 1. The van der Waals surface area contributed by atoms with E-state index in [1.165, 1.54) is 19.2 Å². The normalized spacial score (nSPS) is 19.1. The predicted molar refractivity (Wildman–Crippen MR) is 86.7 cm³/mol. The average molecular weight is 338 g/mol. The van der Waals surface area contributed by atoms with Crippen LogP contribution in [0.3, 0.4) is 0 Å².